The first-order chi connectivity index (χ1) is 9.65. The Kier molecular flexibility index (Phi) is 5.68. The number of methoxy groups -OCH3 is 2. The Labute approximate surface area is 134 Å². The highest BCUT2D eigenvalue weighted by Crippen LogP contribution is 2.47. The molecule has 0 amide bonds. The van der Waals surface area contributed by atoms with Gasteiger partial charge in [-0.3, -0.25) is 4.79 Å². The second-order valence-electron chi connectivity index (χ2n) is 5.99. The number of carbonyl (C=O) groups is 1. The maximum atomic E-state index is 11.2. The van der Waals surface area contributed by atoms with Crippen molar-refractivity contribution in [3.05, 3.63) is 21.7 Å². The molecule has 0 aromatic heterocycles. The van der Waals surface area contributed by atoms with Gasteiger partial charge in [-0.15, -0.1) is 0 Å². The van der Waals surface area contributed by atoms with Gasteiger partial charge >= 0.3 is 5.97 Å². The SMILES string of the molecule is COc1cc(Br)c(C(C)(C)CC(=O)O)c(C(C)C)c1OC. The van der Waals surface area contributed by atoms with Gasteiger partial charge in [-0.25, -0.2) is 0 Å². The van der Waals surface area contributed by atoms with E-state index in [1.165, 1.54) is 0 Å². The molecule has 0 fully saturated rings. The van der Waals surface area contributed by atoms with Crippen LogP contribution in [0.4, 0.5) is 0 Å². The van der Waals surface area contributed by atoms with Crippen LogP contribution in [0.15, 0.2) is 10.5 Å². The van der Waals surface area contributed by atoms with Crippen LogP contribution in [-0.4, -0.2) is 25.3 Å². The summed E-state index contributed by atoms with van der Waals surface area (Å²) >= 11 is 3.57. The van der Waals surface area contributed by atoms with Gasteiger partial charge in [0.25, 0.3) is 0 Å². The van der Waals surface area contributed by atoms with Gasteiger partial charge in [0.15, 0.2) is 11.5 Å². The highest BCUT2D eigenvalue weighted by Gasteiger charge is 2.33. The summed E-state index contributed by atoms with van der Waals surface area (Å²) in [5.41, 5.74) is 1.41. The number of halogens is 1. The van der Waals surface area contributed by atoms with E-state index in [-0.39, 0.29) is 12.3 Å². The van der Waals surface area contributed by atoms with Gasteiger partial charge in [0, 0.05) is 15.5 Å². The molecule has 118 valence electrons. The summed E-state index contributed by atoms with van der Waals surface area (Å²) in [5, 5.41) is 9.19. The Morgan fingerprint density at radius 3 is 2.29 bits per heavy atom. The molecular formula is C16H23BrO4. The van der Waals surface area contributed by atoms with Crippen LogP contribution in [0.1, 0.15) is 51.2 Å². The molecule has 1 N–H and O–H groups in total. The molecule has 0 aliphatic carbocycles. The second-order valence-corrected chi connectivity index (χ2v) is 6.85. The molecule has 0 radical (unpaired) electrons. The molecule has 0 unspecified atom stereocenters. The number of ether oxygens (including phenoxy) is 2. The predicted molar refractivity (Wildman–Crippen MR) is 86.6 cm³/mol. The number of benzene rings is 1. The molecule has 0 aliphatic rings. The summed E-state index contributed by atoms with van der Waals surface area (Å²) < 4.78 is 11.8. The lowest BCUT2D eigenvalue weighted by Crippen LogP contribution is -2.25. The molecule has 1 aromatic rings. The summed E-state index contributed by atoms with van der Waals surface area (Å²) in [6.45, 7) is 7.98. The fraction of sp³-hybridized carbons (Fsp3) is 0.562. The maximum absolute atomic E-state index is 11.2. The number of rotatable bonds is 6. The van der Waals surface area contributed by atoms with Gasteiger partial charge in [0.1, 0.15) is 0 Å². The summed E-state index contributed by atoms with van der Waals surface area (Å²) in [7, 11) is 3.20. The fourth-order valence-corrected chi connectivity index (χ4v) is 3.65. The minimum absolute atomic E-state index is 0.0425. The van der Waals surface area contributed by atoms with Crippen molar-refractivity contribution in [1.29, 1.82) is 0 Å². The van der Waals surface area contributed by atoms with Crippen molar-refractivity contribution >= 4 is 21.9 Å². The average Bonchev–Trinajstić information content (AvgIpc) is 2.34. The second kappa shape index (κ2) is 6.69. The summed E-state index contributed by atoms with van der Waals surface area (Å²) in [4.78, 5) is 11.2. The molecule has 5 heteroatoms. The number of carboxylic acids is 1. The van der Waals surface area contributed by atoms with Crippen LogP contribution < -0.4 is 9.47 Å². The van der Waals surface area contributed by atoms with Gasteiger partial charge in [0.2, 0.25) is 0 Å². The largest absolute Gasteiger partial charge is 0.493 e. The smallest absolute Gasteiger partial charge is 0.304 e. The van der Waals surface area contributed by atoms with E-state index in [9.17, 15) is 9.90 Å². The summed E-state index contributed by atoms with van der Waals surface area (Å²) in [6.07, 6.45) is 0.0425. The number of carboxylic acid groups (broad SMARTS) is 1. The Balaban J connectivity index is 3.68. The molecule has 0 bridgehead atoms. The quantitative estimate of drug-likeness (QED) is 0.821. The average molecular weight is 359 g/mol. The minimum Gasteiger partial charge on any atom is -0.493 e. The Morgan fingerprint density at radius 1 is 1.33 bits per heavy atom. The Morgan fingerprint density at radius 2 is 1.90 bits per heavy atom. The van der Waals surface area contributed by atoms with E-state index < -0.39 is 11.4 Å². The third-order valence-electron chi connectivity index (χ3n) is 3.51. The standard InChI is InChI=1S/C16H23BrO4/c1-9(2)13-14(16(3,4)8-12(18)19)10(17)7-11(20-5)15(13)21-6/h7,9H,8H2,1-6H3,(H,18,19). The van der Waals surface area contributed by atoms with Crippen LogP contribution in [0.5, 0.6) is 11.5 Å². The van der Waals surface area contributed by atoms with E-state index in [2.05, 4.69) is 29.8 Å². The van der Waals surface area contributed by atoms with E-state index in [4.69, 9.17) is 9.47 Å². The molecule has 0 heterocycles. The van der Waals surface area contributed by atoms with Gasteiger partial charge < -0.3 is 14.6 Å². The fourth-order valence-electron chi connectivity index (χ4n) is 2.70. The molecule has 0 spiro atoms. The third kappa shape index (κ3) is 3.70. The van der Waals surface area contributed by atoms with Crippen molar-refractivity contribution in [2.75, 3.05) is 14.2 Å². The van der Waals surface area contributed by atoms with Crippen molar-refractivity contribution in [2.24, 2.45) is 0 Å². The summed E-state index contributed by atoms with van der Waals surface area (Å²) in [6, 6.07) is 1.84. The third-order valence-corrected chi connectivity index (χ3v) is 4.13. The lowest BCUT2D eigenvalue weighted by atomic mass is 9.76. The van der Waals surface area contributed by atoms with Gasteiger partial charge in [-0.1, -0.05) is 43.6 Å². The number of aliphatic carboxylic acids is 1. The van der Waals surface area contributed by atoms with E-state index in [1.54, 1.807) is 14.2 Å². The van der Waals surface area contributed by atoms with Crippen LogP contribution in [0.2, 0.25) is 0 Å². The molecule has 21 heavy (non-hydrogen) atoms. The van der Waals surface area contributed by atoms with Crippen molar-refractivity contribution in [3.8, 4) is 11.5 Å². The van der Waals surface area contributed by atoms with Crippen molar-refractivity contribution < 1.29 is 19.4 Å². The molecule has 0 aliphatic heterocycles. The first-order valence-electron chi connectivity index (χ1n) is 6.82. The molecule has 0 saturated heterocycles. The van der Waals surface area contributed by atoms with Crippen molar-refractivity contribution in [2.45, 2.75) is 45.4 Å². The minimum atomic E-state index is -0.823. The molecule has 1 aromatic carbocycles. The van der Waals surface area contributed by atoms with Crippen LogP contribution in [-0.2, 0) is 10.2 Å². The summed E-state index contributed by atoms with van der Waals surface area (Å²) in [5.74, 6) is 0.665. The zero-order valence-corrected chi connectivity index (χ0v) is 15.0. The number of hydrogen-bond acceptors (Lipinski definition) is 3. The van der Waals surface area contributed by atoms with E-state index in [0.29, 0.717) is 11.5 Å². The molecule has 0 atom stereocenters. The van der Waals surface area contributed by atoms with E-state index in [1.807, 2.05) is 19.9 Å². The Hall–Kier alpha value is -1.23. The monoisotopic (exact) mass is 358 g/mol. The lowest BCUT2D eigenvalue weighted by Gasteiger charge is -2.31. The maximum Gasteiger partial charge on any atom is 0.304 e. The van der Waals surface area contributed by atoms with Crippen LogP contribution in [0.25, 0.3) is 0 Å². The van der Waals surface area contributed by atoms with Gasteiger partial charge in [-0.05, 0) is 17.5 Å². The highest BCUT2D eigenvalue weighted by molar-refractivity contribution is 9.10. The van der Waals surface area contributed by atoms with Crippen LogP contribution >= 0.6 is 15.9 Å². The molecular weight excluding hydrogens is 336 g/mol. The zero-order valence-electron chi connectivity index (χ0n) is 13.4. The number of hydrogen-bond donors (Lipinski definition) is 1. The molecule has 0 saturated carbocycles. The van der Waals surface area contributed by atoms with Crippen molar-refractivity contribution in [1.82, 2.24) is 0 Å². The molecule has 4 nitrogen and oxygen atoms in total. The van der Waals surface area contributed by atoms with Gasteiger partial charge in [0.05, 0.1) is 20.6 Å². The molecule has 1 rings (SSSR count). The van der Waals surface area contributed by atoms with Crippen molar-refractivity contribution in [3.63, 3.8) is 0 Å². The van der Waals surface area contributed by atoms with E-state index in [0.717, 1.165) is 15.6 Å². The van der Waals surface area contributed by atoms with E-state index >= 15 is 0 Å². The first kappa shape index (κ1) is 17.8. The topological polar surface area (TPSA) is 55.8 Å². The zero-order chi connectivity index (χ0) is 16.4. The lowest BCUT2D eigenvalue weighted by molar-refractivity contribution is -0.138. The first-order valence-corrected chi connectivity index (χ1v) is 7.61. The highest BCUT2D eigenvalue weighted by atomic mass is 79.9. The Bertz CT molecular complexity index is 536. The predicted octanol–water partition coefficient (Wildman–Crippen LogP) is 4.34. The normalized spacial score (nSPS) is 11.6. The van der Waals surface area contributed by atoms with Crippen LogP contribution in [0.3, 0.4) is 0 Å². The van der Waals surface area contributed by atoms with Crippen LogP contribution in [0, 0.1) is 0 Å². The van der Waals surface area contributed by atoms with Gasteiger partial charge in [-0.2, -0.15) is 0 Å².